The van der Waals surface area contributed by atoms with Crippen LogP contribution in [0.4, 0.5) is 4.79 Å². The van der Waals surface area contributed by atoms with E-state index in [1.54, 1.807) is 25.2 Å². The van der Waals surface area contributed by atoms with Gasteiger partial charge in [0.05, 0.1) is 0 Å². The zero-order valence-corrected chi connectivity index (χ0v) is 12.0. The van der Waals surface area contributed by atoms with Gasteiger partial charge in [-0.3, -0.25) is 0 Å². The van der Waals surface area contributed by atoms with Gasteiger partial charge < -0.3 is 14.8 Å². The number of rotatable bonds is 1. The molecule has 3 rings (SSSR count). The Morgan fingerprint density at radius 3 is 2.80 bits per heavy atom. The Kier molecular flexibility index (Phi) is 3.34. The third-order valence-corrected chi connectivity index (χ3v) is 4.00. The summed E-state index contributed by atoms with van der Waals surface area (Å²) in [7, 11) is 3.61. The fraction of sp³-hybridized carbons (Fsp3) is 0.467. The number of fused-ring (bicyclic) bond motifs is 1. The zero-order valence-electron chi connectivity index (χ0n) is 12.0. The molecule has 0 aromatic carbocycles. The van der Waals surface area contributed by atoms with Gasteiger partial charge in [-0.15, -0.1) is 0 Å². The first kappa shape index (κ1) is 13.0. The molecule has 5 nitrogen and oxygen atoms in total. The molecule has 0 saturated carbocycles. The Balaban J connectivity index is 1.70. The summed E-state index contributed by atoms with van der Waals surface area (Å²) in [4.78, 5) is 23.2. The van der Waals surface area contributed by atoms with Crippen molar-refractivity contribution >= 4 is 17.1 Å². The second-order valence-electron chi connectivity index (χ2n) is 5.60. The van der Waals surface area contributed by atoms with Crippen LogP contribution in [0.3, 0.4) is 0 Å². The highest BCUT2D eigenvalue weighted by atomic mass is 16.2. The molecular weight excluding hydrogens is 252 g/mol. The summed E-state index contributed by atoms with van der Waals surface area (Å²) in [5, 5.41) is 1.16. The number of piperidine rings is 1. The topological polar surface area (TPSA) is 52.2 Å². The summed E-state index contributed by atoms with van der Waals surface area (Å²) in [5.41, 5.74) is 2.20. The van der Waals surface area contributed by atoms with Gasteiger partial charge in [0.25, 0.3) is 0 Å². The monoisotopic (exact) mass is 272 g/mol. The van der Waals surface area contributed by atoms with Crippen molar-refractivity contribution in [3.63, 3.8) is 0 Å². The first-order valence-electron chi connectivity index (χ1n) is 7.05. The molecule has 0 atom stereocenters. The normalized spacial score (nSPS) is 16.6. The van der Waals surface area contributed by atoms with E-state index in [2.05, 4.69) is 22.1 Å². The van der Waals surface area contributed by atoms with E-state index in [9.17, 15) is 4.79 Å². The maximum atomic E-state index is 11.9. The molecule has 1 aliphatic heterocycles. The number of likely N-dealkylation sites (tertiary alicyclic amines) is 1. The molecule has 20 heavy (non-hydrogen) atoms. The van der Waals surface area contributed by atoms with Crippen LogP contribution in [0.15, 0.2) is 24.4 Å². The first-order chi connectivity index (χ1) is 9.65. The average Bonchev–Trinajstić information content (AvgIpc) is 2.90. The minimum absolute atomic E-state index is 0.113. The fourth-order valence-electron chi connectivity index (χ4n) is 2.86. The Labute approximate surface area is 118 Å². The Morgan fingerprint density at radius 2 is 2.15 bits per heavy atom. The van der Waals surface area contributed by atoms with Gasteiger partial charge in [0.2, 0.25) is 0 Å². The lowest BCUT2D eigenvalue weighted by atomic mass is 9.94. The lowest BCUT2D eigenvalue weighted by Gasteiger charge is -2.33. The lowest BCUT2D eigenvalue weighted by molar-refractivity contribution is 0.156. The molecule has 0 unspecified atom stereocenters. The molecule has 3 heterocycles. The van der Waals surface area contributed by atoms with Gasteiger partial charge in [-0.05, 0) is 31.0 Å². The van der Waals surface area contributed by atoms with Crippen LogP contribution in [0.2, 0.25) is 0 Å². The fourth-order valence-corrected chi connectivity index (χ4v) is 2.86. The van der Waals surface area contributed by atoms with E-state index < -0.39 is 0 Å². The van der Waals surface area contributed by atoms with Crippen LogP contribution in [0.25, 0.3) is 11.0 Å². The molecule has 1 fully saturated rings. The molecule has 106 valence electrons. The number of amides is 2. The van der Waals surface area contributed by atoms with E-state index in [0.717, 1.165) is 37.0 Å². The van der Waals surface area contributed by atoms with E-state index in [1.807, 2.05) is 11.0 Å². The molecule has 0 spiro atoms. The number of H-pyrrole nitrogens is 1. The molecular formula is C15H20N4O. The number of nitrogens with zero attached hydrogens (tertiary/aromatic N) is 3. The van der Waals surface area contributed by atoms with Crippen LogP contribution in [0.5, 0.6) is 0 Å². The zero-order chi connectivity index (χ0) is 14.1. The molecule has 2 aromatic heterocycles. The number of urea groups is 1. The van der Waals surface area contributed by atoms with Gasteiger partial charge in [-0.2, -0.15) is 0 Å². The van der Waals surface area contributed by atoms with Crippen molar-refractivity contribution in [3.05, 3.63) is 30.1 Å². The van der Waals surface area contributed by atoms with Crippen molar-refractivity contribution in [1.82, 2.24) is 19.8 Å². The molecule has 0 bridgehead atoms. The van der Waals surface area contributed by atoms with Crippen LogP contribution in [-0.2, 0) is 0 Å². The highest BCUT2D eigenvalue weighted by Crippen LogP contribution is 2.29. The van der Waals surface area contributed by atoms with E-state index >= 15 is 0 Å². The number of aromatic amines is 1. The van der Waals surface area contributed by atoms with Gasteiger partial charge in [0, 0.05) is 50.4 Å². The smallest absolute Gasteiger partial charge is 0.319 e. The molecule has 2 amide bonds. The maximum Gasteiger partial charge on any atom is 0.319 e. The Morgan fingerprint density at radius 1 is 1.40 bits per heavy atom. The number of aromatic nitrogens is 2. The van der Waals surface area contributed by atoms with E-state index in [1.165, 1.54) is 5.69 Å². The quantitative estimate of drug-likeness (QED) is 0.866. The van der Waals surface area contributed by atoms with Gasteiger partial charge in [-0.25, -0.2) is 9.78 Å². The molecule has 5 heteroatoms. The van der Waals surface area contributed by atoms with Crippen molar-refractivity contribution in [1.29, 1.82) is 0 Å². The van der Waals surface area contributed by atoms with E-state index in [0.29, 0.717) is 5.92 Å². The Hall–Kier alpha value is -2.04. The van der Waals surface area contributed by atoms with Crippen LogP contribution in [-0.4, -0.2) is 53.0 Å². The minimum Gasteiger partial charge on any atom is -0.343 e. The average molecular weight is 272 g/mol. The highest BCUT2D eigenvalue weighted by molar-refractivity contribution is 5.76. The van der Waals surface area contributed by atoms with Crippen LogP contribution in [0, 0.1) is 0 Å². The first-order valence-corrected chi connectivity index (χ1v) is 7.05. The van der Waals surface area contributed by atoms with Gasteiger partial charge >= 0.3 is 6.03 Å². The molecule has 1 N–H and O–H groups in total. The summed E-state index contributed by atoms with van der Waals surface area (Å²) in [6.45, 7) is 1.65. The maximum absolute atomic E-state index is 11.9. The third-order valence-electron chi connectivity index (χ3n) is 4.00. The van der Waals surface area contributed by atoms with Crippen LogP contribution < -0.4 is 0 Å². The highest BCUT2D eigenvalue weighted by Gasteiger charge is 2.25. The van der Waals surface area contributed by atoms with Crippen molar-refractivity contribution in [2.45, 2.75) is 18.8 Å². The minimum atomic E-state index is 0.113. The van der Waals surface area contributed by atoms with E-state index in [-0.39, 0.29) is 6.03 Å². The molecule has 1 aliphatic rings. The largest absolute Gasteiger partial charge is 0.343 e. The van der Waals surface area contributed by atoms with Crippen molar-refractivity contribution in [2.75, 3.05) is 27.2 Å². The van der Waals surface area contributed by atoms with Gasteiger partial charge in [0.15, 0.2) is 0 Å². The van der Waals surface area contributed by atoms with Crippen molar-refractivity contribution < 1.29 is 4.79 Å². The number of hydrogen-bond acceptors (Lipinski definition) is 2. The summed E-state index contributed by atoms with van der Waals surface area (Å²) in [6, 6.07) is 6.34. The number of nitrogens with one attached hydrogen (secondary N) is 1. The Bertz CT molecular complexity index is 578. The predicted octanol–water partition coefficient (Wildman–Crippen LogP) is 2.42. The molecule has 2 aromatic rings. The second-order valence-corrected chi connectivity index (χ2v) is 5.60. The van der Waals surface area contributed by atoms with Crippen LogP contribution in [0.1, 0.15) is 24.5 Å². The summed E-state index contributed by atoms with van der Waals surface area (Å²) in [5.74, 6) is 0.496. The molecule has 0 aliphatic carbocycles. The standard InChI is InChI=1S/C15H20N4O/c1-18(2)15(20)19-8-5-11(6-9-19)13-10-12-4-3-7-16-14(12)17-13/h3-4,7,10-11H,5-6,8-9H2,1-2H3,(H,16,17). The number of pyridine rings is 1. The summed E-state index contributed by atoms with van der Waals surface area (Å²) >= 11 is 0. The SMILES string of the molecule is CN(C)C(=O)N1CCC(c2cc3cccnc3[nH]2)CC1. The summed E-state index contributed by atoms with van der Waals surface area (Å²) < 4.78 is 0. The predicted molar refractivity (Wildman–Crippen MR) is 78.7 cm³/mol. The summed E-state index contributed by atoms with van der Waals surface area (Å²) in [6.07, 6.45) is 3.82. The van der Waals surface area contributed by atoms with E-state index in [4.69, 9.17) is 0 Å². The van der Waals surface area contributed by atoms with Crippen molar-refractivity contribution in [2.24, 2.45) is 0 Å². The van der Waals surface area contributed by atoms with Gasteiger partial charge in [0.1, 0.15) is 5.65 Å². The molecule has 1 saturated heterocycles. The second kappa shape index (κ2) is 5.15. The third kappa shape index (κ3) is 2.35. The lowest BCUT2D eigenvalue weighted by Crippen LogP contribution is -2.43. The number of carbonyl (C=O) groups is 1. The van der Waals surface area contributed by atoms with Crippen LogP contribution >= 0.6 is 0 Å². The van der Waals surface area contributed by atoms with Crippen molar-refractivity contribution in [3.8, 4) is 0 Å². The molecule has 0 radical (unpaired) electrons. The van der Waals surface area contributed by atoms with Gasteiger partial charge in [-0.1, -0.05) is 0 Å². The number of carbonyl (C=O) groups excluding carboxylic acids is 1. The number of hydrogen-bond donors (Lipinski definition) is 1.